The average Bonchev–Trinajstić information content (AvgIpc) is 2.81. The van der Waals surface area contributed by atoms with E-state index in [1.54, 1.807) is 0 Å². The molecule has 0 bridgehead atoms. The topological polar surface area (TPSA) is 113 Å². The van der Waals surface area contributed by atoms with Crippen LogP contribution in [0.25, 0.3) is 0 Å². The third kappa shape index (κ3) is 4.07. The van der Waals surface area contributed by atoms with Gasteiger partial charge < -0.3 is 15.5 Å². The Morgan fingerprint density at radius 2 is 1.74 bits per heavy atom. The van der Waals surface area contributed by atoms with Crippen LogP contribution in [-0.4, -0.2) is 53.2 Å². The van der Waals surface area contributed by atoms with Crippen LogP contribution < -0.4 is 10.6 Å². The first-order chi connectivity index (χ1) is 14.4. The molecule has 31 heavy (non-hydrogen) atoms. The van der Waals surface area contributed by atoms with Gasteiger partial charge in [-0.05, 0) is 38.7 Å². The van der Waals surface area contributed by atoms with Crippen LogP contribution in [0.1, 0.15) is 59.1 Å². The molecule has 3 rings (SSSR count). The lowest BCUT2D eigenvalue weighted by Gasteiger charge is -2.37. The van der Waals surface area contributed by atoms with Gasteiger partial charge >= 0.3 is 0 Å². The van der Waals surface area contributed by atoms with E-state index in [9.17, 15) is 22.8 Å². The number of β-lactam (4-membered cyclic amide) rings is 1. The summed E-state index contributed by atoms with van der Waals surface area (Å²) in [6.07, 6.45) is 0.288. The molecule has 2 aliphatic heterocycles. The van der Waals surface area contributed by atoms with Crippen LogP contribution >= 0.6 is 0 Å². The number of nitrogens with zero attached hydrogens (tertiary/aromatic N) is 1. The molecular formula is C22H31N3O5S. The maximum atomic E-state index is 13.2. The molecule has 2 N–H and O–H groups in total. The first-order valence-corrected chi connectivity index (χ1v) is 12.1. The smallest absolute Gasteiger partial charge is 0.245 e. The number of fused-ring (bicyclic) bond motifs is 1. The Morgan fingerprint density at radius 1 is 1.13 bits per heavy atom. The molecule has 3 amide bonds. The lowest BCUT2D eigenvalue weighted by molar-refractivity contribution is -0.150. The monoisotopic (exact) mass is 449 g/mol. The Morgan fingerprint density at radius 3 is 2.29 bits per heavy atom. The van der Waals surface area contributed by atoms with Crippen molar-refractivity contribution in [3.8, 4) is 0 Å². The van der Waals surface area contributed by atoms with Crippen molar-refractivity contribution in [3.05, 3.63) is 35.9 Å². The van der Waals surface area contributed by atoms with Gasteiger partial charge in [0.05, 0.1) is 17.2 Å². The zero-order chi connectivity index (χ0) is 23.1. The summed E-state index contributed by atoms with van der Waals surface area (Å²) in [5.74, 6) is -1.20. The molecule has 2 fully saturated rings. The zero-order valence-electron chi connectivity index (χ0n) is 18.6. The number of benzene rings is 1. The van der Waals surface area contributed by atoms with Crippen LogP contribution in [0.3, 0.4) is 0 Å². The molecule has 2 heterocycles. The third-order valence-corrected chi connectivity index (χ3v) is 9.02. The van der Waals surface area contributed by atoms with Gasteiger partial charge in [-0.1, -0.05) is 44.2 Å². The summed E-state index contributed by atoms with van der Waals surface area (Å²) in [5, 5.41) is 4.70. The highest BCUT2D eigenvalue weighted by Gasteiger charge is 2.67. The van der Waals surface area contributed by atoms with Crippen molar-refractivity contribution in [2.45, 2.75) is 75.7 Å². The Bertz CT molecular complexity index is 974. The molecule has 1 aromatic rings. The highest BCUT2D eigenvalue weighted by atomic mass is 32.2. The summed E-state index contributed by atoms with van der Waals surface area (Å²) in [7, 11) is -3.68. The Hall–Kier alpha value is -2.42. The summed E-state index contributed by atoms with van der Waals surface area (Å²) >= 11 is 0. The van der Waals surface area contributed by atoms with E-state index in [1.165, 1.54) is 13.8 Å². The third-order valence-electron chi connectivity index (χ3n) is 6.22. The van der Waals surface area contributed by atoms with E-state index in [1.807, 2.05) is 51.1 Å². The molecule has 4 unspecified atom stereocenters. The second kappa shape index (κ2) is 8.26. The number of nitrogens with one attached hydrogen (secondary N) is 2. The number of sulfone groups is 1. The number of hydrogen-bond donors (Lipinski definition) is 2. The van der Waals surface area contributed by atoms with E-state index >= 15 is 0 Å². The van der Waals surface area contributed by atoms with E-state index in [-0.39, 0.29) is 30.2 Å². The first kappa shape index (κ1) is 23.2. The summed E-state index contributed by atoms with van der Waals surface area (Å²) in [5.41, 5.74) is 0.933. The van der Waals surface area contributed by atoms with E-state index < -0.39 is 37.9 Å². The summed E-state index contributed by atoms with van der Waals surface area (Å²) < 4.78 is 24.1. The predicted octanol–water partition coefficient (Wildman–Crippen LogP) is 1.53. The van der Waals surface area contributed by atoms with Crippen LogP contribution in [0, 0.1) is 5.92 Å². The molecule has 2 aliphatic rings. The van der Waals surface area contributed by atoms with Gasteiger partial charge in [-0.25, -0.2) is 8.42 Å². The fourth-order valence-electron chi connectivity index (χ4n) is 4.35. The van der Waals surface area contributed by atoms with Crippen molar-refractivity contribution in [2.75, 3.05) is 0 Å². The van der Waals surface area contributed by atoms with E-state index in [2.05, 4.69) is 10.6 Å². The quantitative estimate of drug-likeness (QED) is 0.613. The lowest BCUT2D eigenvalue weighted by Crippen LogP contribution is -2.61. The van der Waals surface area contributed by atoms with Crippen molar-refractivity contribution in [2.24, 2.45) is 5.92 Å². The summed E-state index contributed by atoms with van der Waals surface area (Å²) in [6, 6.07) is 7.21. The molecule has 0 aromatic heterocycles. The Balaban J connectivity index is 1.78. The SMILES string of the molecule is CC(C)CC(NC(=O)C1N2C(=O)CC2S(=O)(=O)C1(C)C)C(=O)NC(C)c1ccccc1. The van der Waals surface area contributed by atoms with Gasteiger partial charge in [-0.3, -0.25) is 14.4 Å². The van der Waals surface area contributed by atoms with Gasteiger partial charge in [0, 0.05) is 0 Å². The highest BCUT2D eigenvalue weighted by molar-refractivity contribution is 7.93. The van der Waals surface area contributed by atoms with Crippen LogP contribution in [0.2, 0.25) is 0 Å². The molecule has 170 valence electrons. The van der Waals surface area contributed by atoms with Gasteiger partial charge in [-0.15, -0.1) is 0 Å². The molecule has 0 spiro atoms. The van der Waals surface area contributed by atoms with Crippen molar-refractivity contribution >= 4 is 27.6 Å². The summed E-state index contributed by atoms with van der Waals surface area (Å²) in [6.45, 7) is 8.66. The fourth-order valence-corrected chi connectivity index (χ4v) is 6.48. The highest BCUT2D eigenvalue weighted by Crippen LogP contribution is 2.45. The summed E-state index contributed by atoms with van der Waals surface area (Å²) in [4.78, 5) is 39.4. The minimum Gasteiger partial charge on any atom is -0.348 e. The number of carbonyl (C=O) groups excluding carboxylic acids is 3. The second-order valence-electron chi connectivity index (χ2n) is 9.34. The van der Waals surface area contributed by atoms with Crippen molar-refractivity contribution < 1.29 is 22.8 Å². The Labute approximate surface area is 183 Å². The molecule has 9 heteroatoms. The number of amides is 3. The van der Waals surface area contributed by atoms with Crippen LogP contribution in [-0.2, 0) is 24.2 Å². The fraction of sp³-hybridized carbons (Fsp3) is 0.591. The second-order valence-corrected chi connectivity index (χ2v) is 12.0. The molecule has 4 atom stereocenters. The van der Waals surface area contributed by atoms with E-state index in [0.29, 0.717) is 6.42 Å². The van der Waals surface area contributed by atoms with Crippen LogP contribution in [0.4, 0.5) is 0 Å². The maximum Gasteiger partial charge on any atom is 0.245 e. The lowest BCUT2D eigenvalue weighted by atomic mass is 9.96. The Kier molecular flexibility index (Phi) is 6.19. The van der Waals surface area contributed by atoms with Gasteiger partial charge in [0.2, 0.25) is 17.7 Å². The largest absolute Gasteiger partial charge is 0.348 e. The average molecular weight is 450 g/mol. The predicted molar refractivity (Wildman–Crippen MR) is 116 cm³/mol. The minimum atomic E-state index is -3.68. The van der Waals surface area contributed by atoms with Crippen LogP contribution in [0.5, 0.6) is 0 Å². The molecule has 8 nitrogen and oxygen atoms in total. The number of carbonyl (C=O) groups is 3. The standard InChI is InChI=1S/C22H31N3O5S/c1-13(2)11-16(20(27)23-14(3)15-9-7-6-8-10-15)24-21(28)19-22(4,5)31(29,30)18-12-17(26)25(18)19/h6-10,13-14,16,18-19H,11-12H2,1-5H3,(H,23,27)(H,24,28). The van der Waals surface area contributed by atoms with E-state index in [4.69, 9.17) is 0 Å². The number of rotatable bonds is 7. The number of hydrogen-bond acceptors (Lipinski definition) is 5. The minimum absolute atomic E-state index is 0.0972. The van der Waals surface area contributed by atoms with Crippen molar-refractivity contribution in [1.29, 1.82) is 0 Å². The zero-order valence-corrected chi connectivity index (χ0v) is 19.4. The van der Waals surface area contributed by atoms with E-state index in [0.717, 1.165) is 10.5 Å². The van der Waals surface area contributed by atoms with Gasteiger partial charge in [0.15, 0.2) is 9.84 Å². The van der Waals surface area contributed by atoms with Crippen LogP contribution in [0.15, 0.2) is 30.3 Å². The van der Waals surface area contributed by atoms with Gasteiger partial charge in [0.1, 0.15) is 17.5 Å². The van der Waals surface area contributed by atoms with Crippen molar-refractivity contribution in [1.82, 2.24) is 15.5 Å². The maximum absolute atomic E-state index is 13.2. The molecule has 1 aromatic carbocycles. The molecule has 0 aliphatic carbocycles. The van der Waals surface area contributed by atoms with Gasteiger partial charge in [0.25, 0.3) is 0 Å². The molecule has 0 saturated carbocycles. The molecular weight excluding hydrogens is 418 g/mol. The molecule has 2 saturated heterocycles. The van der Waals surface area contributed by atoms with Crippen molar-refractivity contribution in [3.63, 3.8) is 0 Å². The van der Waals surface area contributed by atoms with Gasteiger partial charge in [-0.2, -0.15) is 0 Å². The first-order valence-electron chi connectivity index (χ1n) is 10.6. The normalized spacial score (nSPS) is 25.4. The molecule has 0 radical (unpaired) electrons.